The average Bonchev–Trinajstić information content (AvgIpc) is 3.07. The predicted molar refractivity (Wildman–Crippen MR) is 98.2 cm³/mol. The van der Waals surface area contributed by atoms with Crippen molar-refractivity contribution in [3.63, 3.8) is 0 Å². The minimum absolute atomic E-state index is 0.0812. The normalized spacial score (nSPS) is 16.3. The van der Waals surface area contributed by atoms with Crippen LogP contribution in [0, 0.1) is 5.92 Å². The van der Waals surface area contributed by atoms with Crippen LogP contribution in [-0.2, 0) is 20.9 Å². The highest BCUT2D eigenvalue weighted by Gasteiger charge is 2.35. The zero-order valence-electron chi connectivity index (χ0n) is 15.1. The van der Waals surface area contributed by atoms with Gasteiger partial charge in [0.1, 0.15) is 5.75 Å². The Balaban J connectivity index is 1.50. The zero-order chi connectivity index (χ0) is 19.2. The van der Waals surface area contributed by atoms with Gasteiger partial charge in [0.2, 0.25) is 5.91 Å². The van der Waals surface area contributed by atoms with Crippen molar-refractivity contribution in [2.45, 2.75) is 13.0 Å². The molecule has 1 heterocycles. The quantitative estimate of drug-likeness (QED) is 0.555. The van der Waals surface area contributed by atoms with E-state index in [9.17, 15) is 14.4 Å². The predicted octanol–water partition coefficient (Wildman–Crippen LogP) is 2.47. The summed E-state index contributed by atoms with van der Waals surface area (Å²) in [5.74, 6) is -0.782. The number of esters is 1. The number of benzene rings is 2. The minimum Gasteiger partial charge on any atom is -0.497 e. The van der Waals surface area contributed by atoms with E-state index in [0.717, 1.165) is 5.56 Å². The second-order valence-electron chi connectivity index (χ2n) is 6.42. The van der Waals surface area contributed by atoms with Crippen LogP contribution >= 0.6 is 0 Å². The summed E-state index contributed by atoms with van der Waals surface area (Å²) in [6.07, 6.45) is 0.113. The van der Waals surface area contributed by atoms with Gasteiger partial charge in [-0.1, -0.05) is 30.3 Å². The molecule has 0 spiro atoms. The molecule has 1 amide bonds. The van der Waals surface area contributed by atoms with Crippen LogP contribution in [0.2, 0.25) is 0 Å². The molecule has 1 fully saturated rings. The molecular weight excluding hydrogens is 346 g/mol. The van der Waals surface area contributed by atoms with Crippen LogP contribution in [0.3, 0.4) is 0 Å². The molecule has 0 aromatic heterocycles. The van der Waals surface area contributed by atoms with Crippen molar-refractivity contribution in [1.29, 1.82) is 0 Å². The summed E-state index contributed by atoms with van der Waals surface area (Å²) < 4.78 is 10.2. The Morgan fingerprint density at radius 2 is 1.78 bits per heavy atom. The van der Waals surface area contributed by atoms with Crippen LogP contribution in [0.15, 0.2) is 54.6 Å². The van der Waals surface area contributed by atoms with Crippen LogP contribution in [0.4, 0.5) is 0 Å². The highest BCUT2D eigenvalue weighted by Crippen LogP contribution is 2.21. The Kier molecular flexibility index (Phi) is 5.86. The third kappa shape index (κ3) is 4.73. The lowest BCUT2D eigenvalue weighted by atomic mass is 10.1. The number of likely N-dealkylation sites (tertiary alicyclic amines) is 1. The number of amides is 1. The van der Waals surface area contributed by atoms with Gasteiger partial charge in [0.15, 0.2) is 12.4 Å². The monoisotopic (exact) mass is 367 g/mol. The minimum atomic E-state index is -0.537. The molecule has 2 aromatic rings. The average molecular weight is 367 g/mol. The topological polar surface area (TPSA) is 72.9 Å². The third-order valence-electron chi connectivity index (χ3n) is 4.52. The van der Waals surface area contributed by atoms with Crippen LogP contribution in [0.1, 0.15) is 22.3 Å². The number of rotatable bonds is 7. The Morgan fingerprint density at radius 3 is 2.44 bits per heavy atom. The number of hydrogen-bond acceptors (Lipinski definition) is 5. The van der Waals surface area contributed by atoms with Crippen LogP contribution in [-0.4, -0.2) is 42.8 Å². The van der Waals surface area contributed by atoms with E-state index in [2.05, 4.69) is 0 Å². The highest BCUT2D eigenvalue weighted by molar-refractivity contribution is 5.98. The lowest BCUT2D eigenvalue weighted by molar-refractivity contribution is -0.147. The first kappa shape index (κ1) is 18.6. The maximum absolute atomic E-state index is 12.3. The van der Waals surface area contributed by atoms with Gasteiger partial charge in [-0.2, -0.15) is 0 Å². The molecular formula is C21H21NO5. The molecule has 2 aromatic carbocycles. The molecule has 1 aliphatic heterocycles. The number of hydrogen-bond donors (Lipinski definition) is 0. The van der Waals surface area contributed by atoms with Gasteiger partial charge >= 0.3 is 5.97 Å². The Bertz CT molecular complexity index is 816. The van der Waals surface area contributed by atoms with Crippen molar-refractivity contribution in [3.8, 4) is 5.75 Å². The van der Waals surface area contributed by atoms with Crippen molar-refractivity contribution < 1.29 is 23.9 Å². The van der Waals surface area contributed by atoms with E-state index in [0.29, 0.717) is 24.4 Å². The van der Waals surface area contributed by atoms with Crippen LogP contribution in [0.5, 0.6) is 5.75 Å². The van der Waals surface area contributed by atoms with E-state index in [1.165, 1.54) is 0 Å². The van der Waals surface area contributed by atoms with Crippen molar-refractivity contribution >= 4 is 17.7 Å². The van der Waals surface area contributed by atoms with Crippen molar-refractivity contribution in [2.75, 3.05) is 20.3 Å². The molecule has 0 bridgehead atoms. The summed E-state index contributed by atoms with van der Waals surface area (Å²) in [5, 5.41) is 0. The molecule has 0 saturated carbocycles. The first-order chi connectivity index (χ1) is 13.1. The lowest BCUT2D eigenvalue weighted by Crippen LogP contribution is -2.27. The van der Waals surface area contributed by atoms with Gasteiger partial charge in [0, 0.05) is 25.1 Å². The number of Topliss-reactive ketones (excluding diaryl/α,β-unsaturated/α-hetero) is 1. The Labute approximate surface area is 157 Å². The fourth-order valence-corrected chi connectivity index (χ4v) is 3.00. The molecule has 140 valence electrons. The van der Waals surface area contributed by atoms with Gasteiger partial charge < -0.3 is 14.4 Å². The van der Waals surface area contributed by atoms with Crippen LogP contribution in [0.25, 0.3) is 0 Å². The number of ether oxygens (including phenoxy) is 2. The largest absolute Gasteiger partial charge is 0.497 e. The van der Waals surface area contributed by atoms with E-state index in [1.54, 1.807) is 36.3 Å². The molecule has 0 radical (unpaired) electrons. The number of carbonyl (C=O) groups is 3. The van der Waals surface area contributed by atoms with E-state index < -0.39 is 11.9 Å². The number of carbonyl (C=O) groups excluding carboxylic acids is 3. The van der Waals surface area contributed by atoms with Crippen molar-refractivity contribution in [1.82, 2.24) is 4.90 Å². The van der Waals surface area contributed by atoms with Gasteiger partial charge in [0.25, 0.3) is 0 Å². The summed E-state index contributed by atoms with van der Waals surface area (Å²) in [4.78, 5) is 38.2. The molecule has 1 unspecified atom stereocenters. The second kappa shape index (κ2) is 8.49. The van der Waals surface area contributed by atoms with Crippen LogP contribution < -0.4 is 4.74 Å². The molecule has 1 aliphatic rings. The van der Waals surface area contributed by atoms with Gasteiger partial charge in [-0.15, -0.1) is 0 Å². The van der Waals surface area contributed by atoms with Crippen molar-refractivity contribution in [3.05, 3.63) is 65.7 Å². The summed E-state index contributed by atoms with van der Waals surface area (Å²) in [6.45, 7) is 0.437. The Morgan fingerprint density at radius 1 is 1.07 bits per heavy atom. The highest BCUT2D eigenvalue weighted by atomic mass is 16.5. The van der Waals surface area contributed by atoms with Gasteiger partial charge in [-0.25, -0.2) is 0 Å². The summed E-state index contributed by atoms with van der Waals surface area (Å²) in [5.41, 5.74) is 1.45. The zero-order valence-corrected chi connectivity index (χ0v) is 15.1. The summed E-state index contributed by atoms with van der Waals surface area (Å²) in [6, 6.07) is 16.2. The SMILES string of the molecule is COc1ccc(C(=O)COC(=O)C2CC(=O)N(Cc3ccccc3)C2)cc1. The number of ketones is 1. The van der Waals surface area contributed by atoms with Crippen molar-refractivity contribution in [2.24, 2.45) is 5.92 Å². The fourth-order valence-electron chi connectivity index (χ4n) is 3.00. The molecule has 1 atom stereocenters. The molecule has 27 heavy (non-hydrogen) atoms. The fraction of sp³-hybridized carbons (Fsp3) is 0.286. The third-order valence-corrected chi connectivity index (χ3v) is 4.52. The van der Waals surface area contributed by atoms with E-state index >= 15 is 0 Å². The van der Waals surface area contributed by atoms with E-state index in [4.69, 9.17) is 9.47 Å². The first-order valence-electron chi connectivity index (χ1n) is 8.72. The molecule has 6 nitrogen and oxygen atoms in total. The number of nitrogens with zero attached hydrogens (tertiary/aromatic N) is 1. The molecule has 1 saturated heterocycles. The molecule has 0 N–H and O–H groups in total. The van der Waals surface area contributed by atoms with E-state index in [1.807, 2.05) is 30.3 Å². The Hall–Kier alpha value is -3.15. The lowest BCUT2D eigenvalue weighted by Gasteiger charge is -2.16. The molecule has 0 aliphatic carbocycles. The second-order valence-corrected chi connectivity index (χ2v) is 6.42. The summed E-state index contributed by atoms with van der Waals surface area (Å²) >= 11 is 0. The van der Waals surface area contributed by atoms with E-state index in [-0.39, 0.29) is 24.7 Å². The molecule has 3 rings (SSSR count). The number of methoxy groups -OCH3 is 1. The smallest absolute Gasteiger partial charge is 0.311 e. The van der Waals surface area contributed by atoms with Gasteiger partial charge in [0.05, 0.1) is 13.0 Å². The maximum atomic E-state index is 12.3. The maximum Gasteiger partial charge on any atom is 0.311 e. The standard InChI is InChI=1S/C21H21NO5/c1-26-18-9-7-16(8-10-18)19(23)14-27-21(25)17-11-20(24)22(13-17)12-15-5-3-2-4-6-15/h2-10,17H,11-14H2,1H3. The first-order valence-corrected chi connectivity index (χ1v) is 8.72. The summed E-state index contributed by atoms with van der Waals surface area (Å²) in [7, 11) is 1.54. The van der Waals surface area contributed by atoms with Gasteiger partial charge in [-0.05, 0) is 29.8 Å². The molecule has 6 heteroatoms. The van der Waals surface area contributed by atoms with Gasteiger partial charge in [-0.3, -0.25) is 14.4 Å².